The second kappa shape index (κ2) is 11.7. The van der Waals surface area contributed by atoms with Gasteiger partial charge in [-0.15, -0.1) is 0 Å². The second-order valence-electron chi connectivity index (χ2n) is 8.85. The maximum absolute atomic E-state index is 12.6. The number of primary amides is 1. The summed E-state index contributed by atoms with van der Waals surface area (Å²) in [6, 6.07) is 17.7. The first-order chi connectivity index (χ1) is 15.9. The van der Waals surface area contributed by atoms with Crippen molar-refractivity contribution in [1.29, 1.82) is 0 Å². The SMILES string of the molecule is CCCCCc1c(-c2cccc(Oc3ccccc3)c2)c(C(N)=O)c(C)n1CCCN(C)C. The van der Waals surface area contributed by atoms with Gasteiger partial charge < -0.3 is 19.9 Å². The molecule has 0 radical (unpaired) electrons. The Kier molecular flexibility index (Phi) is 8.72. The van der Waals surface area contributed by atoms with Gasteiger partial charge in [-0.25, -0.2) is 0 Å². The molecule has 0 spiro atoms. The number of rotatable bonds is 12. The first kappa shape index (κ1) is 24.6. The van der Waals surface area contributed by atoms with Crippen LogP contribution in [0.5, 0.6) is 11.5 Å². The van der Waals surface area contributed by atoms with Gasteiger partial charge in [-0.1, -0.05) is 50.1 Å². The van der Waals surface area contributed by atoms with Crippen molar-refractivity contribution in [2.75, 3.05) is 20.6 Å². The molecule has 3 aromatic rings. The summed E-state index contributed by atoms with van der Waals surface area (Å²) in [5.41, 5.74) is 10.6. The van der Waals surface area contributed by atoms with Crippen LogP contribution in [0.2, 0.25) is 0 Å². The number of hydrogen-bond donors (Lipinski definition) is 1. The number of nitrogens with two attached hydrogens (primary N) is 1. The van der Waals surface area contributed by atoms with Crippen molar-refractivity contribution >= 4 is 5.91 Å². The van der Waals surface area contributed by atoms with E-state index in [2.05, 4.69) is 30.5 Å². The summed E-state index contributed by atoms with van der Waals surface area (Å²) in [6.45, 7) is 6.09. The number of carbonyl (C=O) groups excluding carboxylic acids is 1. The minimum Gasteiger partial charge on any atom is -0.457 e. The average Bonchev–Trinajstić information content (AvgIpc) is 3.06. The van der Waals surface area contributed by atoms with Gasteiger partial charge in [0, 0.05) is 23.5 Å². The lowest BCUT2D eigenvalue weighted by Crippen LogP contribution is -2.17. The van der Waals surface area contributed by atoms with Gasteiger partial charge in [0.15, 0.2) is 0 Å². The van der Waals surface area contributed by atoms with Crippen molar-refractivity contribution < 1.29 is 9.53 Å². The Morgan fingerprint density at radius 1 is 1.00 bits per heavy atom. The van der Waals surface area contributed by atoms with E-state index in [9.17, 15) is 4.79 Å². The smallest absolute Gasteiger partial charge is 0.251 e. The zero-order chi connectivity index (χ0) is 23.8. The summed E-state index contributed by atoms with van der Waals surface area (Å²) < 4.78 is 8.40. The summed E-state index contributed by atoms with van der Waals surface area (Å²) in [4.78, 5) is 14.8. The van der Waals surface area contributed by atoms with Crippen LogP contribution in [0.4, 0.5) is 0 Å². The van der Waals surface area contributed by atoms with E-state index in [0.717, 1.165) is 73.5 Å². The molecule has 5 nitrogen and oxygen atoms in total. The standard InChI is InChI=1S/C28H37N3O2/c1-5-6-8-17-25-27(26(28(29)32)21(2)31(25)19-12-18-30(3)4)22-13-11-16-24(20-22)33-23-14-9-7-10-15-23/h7,9-11,13-16,20H,5-6,8,12,17-19H2,1-4H3,(H2,29,32). The quantitative estimate of drug-likeness (QED) is 0.344. The fourth-order valence-corrected chi connectivity index (χ4v) is 4.40. The molecule has 0 fully saturated rings. The molecular formula is C28H37N3O2. The van der Waals surface area contributed by atoms with Crippen molar-refractivity contribution in [1.82, 2.24) is 9.47 Å². The maximum Gasteiger partial charge on any atom is 0.251 e. The average molecular weight is 448 g/mol. The van der Waals surface area contributed by atoms with E-state index < -0.39 is 0 Å². The molecule has 0 unspecified atom stereocenters. The molecule has 0 aliphatic heterocycles. The summed E-state index contributed by atoms with van der Waals surface area (Å²) >= 11 is 0. The molecule has 33 heavy (non-hydrogen) atoms. The van der Waals surface area contributed by atoms with Gasteiger partial charge in [-0.3, -0.25) is 4.79 Å². The monoisotopic (exact) mass is 447 g/mol. The minimum atomic E-state index is -0.375. The number of para-hydroxylation sites is 1. The van der Waals surface area contributed by atoms with E-state index >= 15 is 0 Å². The van der Waals surface area contributed by atoms with Gasteiger partial charge in [0.1, 0.15) is 11.5 Å². The number of ether oxygens (including phenoxy) is 1. The van der Waals surface area contributed by atoms with Gasteiger partial charge in [-0.2, -0.15) is 0 Å². The predicted molar refractivity (Wildman–Crippen MR) is 136 cm³/mol. The van der Waals surface area contributed by atoms with Crippen LogP contribution in [0.3, 0.4) is 0 Å². The van der Waals surface area contributed by atoms with Gasteiger partial charge in [0.2, 0.25) is 0 Å². The van der Waals surface area contributed by atoms with Crippen LogP contribution >= 0.6 is 0 Å². The largest absolute Gasteiger partial charge is 0.457 e. The second-order valence-corrected chi connectivity index (χ2v) is 8.85. The molecule has 2 aromatic carbocycles. The lowest BCUT2D eigenvalue weighted by atomic mass is 9.97. The van der Waals surface area contributed by atoms with E-state index in [0.29, 0.717) is 5.56 Å². The highest BCUT2D eigenvalue weighted by Crippen LogP contribution is 2.36. The van der Waals surface area contributed by atoms with E-state index in [-0.39, 0.29) is 5.91 Å². The van der Waals surface area contributed by atoms with Crippen molar-refractivity contribution in [2.24, 2.45) is 5.73 Å². The Morgan fingerprint density at radius 2 is 1.73 bits per heavy atom. The van der Waals surface area contributed by atoms with Crippen LogP contribution < -0.4 is 10.5 Å². The van der Waals surface area contributed by atoms with Gasteiger partial charge in [0.25, 0.3) is 5.91 Å². The summed E-state index contributed by atoms with van der Waals surface area (Å²) in [7, 11) is 4.17. The number of amides is 1. The van der Waals surface area contributed by atoms with Crippen LogP contribution in [-0.2, 0) is 13.0 Å². The van der Waals surface area contributed by atoms with Crippen LogP contribution in [0.15, 0.2) is 54.6 Å². The third-order valence-electron chi connectivity index (χ3n) is 5.98. The third-order valence-corrected chi connectivity index (χ3v) is 5.98. The topological polar surface area (TPSA) is 60.5 Å². The molecule has 5 heteroatoms. The van der Waals surface area contributed by atoms with E-state index in [1.54, 1.807) is 0 Å². The van der Waals surface area contributed by atoms with Crippen molar-refractivity contribution in [3.05, 3.63) is 71.5 Å². The molecule has 0 atom stereocenters. The fraction of sp³-hybridized carbons (Fsp3) is 0.393. The molecular weight excluding hydrogens is 410 g/mol. The van der Waals surface area contributed by atoms with Crippen LogP contribution in [0.1, 0.15) is 54.4 Å². The molecule has 1 heterocycles. The highest BCUT2D eigenvalue weighted by molar-refractivity contribution is 6.02. The Labute approximate surface area is 198 Å². The Morgan fingerprint density at radius 3 is 2.39 bits per heavy atom. The number of hydrogen-bond acceptors (Lipinski definition) is 3. The molecule has 176 valence electrons. The van der Waals surface area contributed by atoms with Crippen LogP contribution in [-0.4, -0.2) is 36.0 Å². The zero-order valence-corrected chi connectivity index (χ0v) is 20.4. The van der Waals surface area contributed by atoms with Crippen molar-refractivity contribution in [2.45, 2.75) is 52.5 Å². The van der Waals surface area contributed by atoms with E-state index in [4.69, 9.17) is 10.5 Å². The van der Waals surface area contributed by atoms with Gasteiger partial charge in [-0.05, 0) is 76.7 Å². The maximum atomic E-state index is 12.6. The summed E-state index contributed by atoms with van der Waals surface area (Å²) in [5, 5.41) is 0. The number of aromatic nitrogens is 1. The highest BCUT2D eigenvalue weighted by atomic mass is 16.5. The van der Waals surface area contributed by atoms with Crippen LogP contribution in [0, 0.1) is 6.92 Å². The first-order valence-electron chi connectivity index (χ1n) is 11.9. The van der Waals surface area contributed by atoms with Gasteiger partial charge in [0.05, 0.1) is 5.56 Å². The Balaban J connectivity index is 2.06. The Bertz CT molecular complexity index is 1050. The highest BCUT2D eigenvalue weighted by Gasteiger charge is 2.24. The molecule has 0 bridgehead atoms. The first-order valence-corrected chi connectivity index (χ1v) is 11.9. The molecule has 0 saturated carbocycles. The number of benzene rings is 2. The lowest BCUT2D eigenvalue weighted by molar-refractivity contribution is 0.1000. The molecule has 0 aliphatic rings. The molecule has 1 amide bonds. The lowest BCUT2D eigenvalue weighted by Gasteiger charge is -2.15. The molecule has 1 aromatic heterocycles. The third kappa shape index (κ3) is 6.26. The van der Waals surface area contributed by atoms with Crippen LogP contribution in [0.25, 0.3) is 11.1 Å². The zero-order valence-electron chi connectivity index (χ0n) is 20.4. The minimum absolute atomic E-state index is 0.375. The summed E-state index contributed by atoms with van der Waals surface area (Å²) in [5.74, 6) is 1.15. The van der Waals surface area contributed by atoms with Gasteiger partial charge >= 0.3 is 0 Å². The van der Waals surface area contributed by atoms with E-state index in [1.165, 1.54) is 5.69 Å². The fourth-order valence-electron chi connectivity index (χ4n) is 4.40. The number of carbonyl (C=O) groups is 1. The Hall–Kier alpha value is -3.05. The van der Waals surface area contributed by atoms with Crippen molar-refractivity contribution in [3.63, 3.8) is 0 Å². The normalized spacial score (nSPS) is 11.2. The number of nitrogens with zero attached hydrogens (tertiary/aromatic N) is 2. The van der Waals surface area contributed by atoms with E-state index in [1.807, 2.05) is 61.5 Å². The van der Waals surface area contributed by atoms with Crippen molar-refractivity contribution in [3.8, 4) is 22.6 Å². The molecule has 2 N–H and O–H groups in total. The predicted octanol–water partition coefficient (Wildman–Crippen LogP) is 6.04. The molecule has 3 rings (SSSR count). The number of unbranched alkanes of at least 4 members (excludes halogenated alkanes) is 2. The molecule has 0 aliphatic carbocycles. The molecule has 0 saturated heterocycles. The summed E-state index contributed by atoms with van der Waals surface area (Å²) in [6.07, 6.45) is 5.32.